The van der Waals surface area contributed by atoms with E-state index in [4.69, 9.17) is 0 Å². The summed E-state index contributed by atoms with van der Waals surface area (Å²) in [4.78, 5) is 15.2. The van der Waals surface area contributed by atoms with Gasteiger partial charge in [-0.05, 0) is 37.5 Å². The zero-order valence-electron chi connectivity index (χ0n) is 15.3. The maximum atomic E-state index is 13.3. The fourth-order valence-corrected chi connectivity index (χ4v) is 4.58. The molecular formula is C21H22N4OS. The van der Waals surface area contributed by atoms with Crippen molar-refractivity contribution in [2.24, 2.45) is 0 Å². The smallest absolute Gasteiger partial charge is 0.240 e. The van der Waals surface area contributed by atoms with Crippen LogP contribution in [-0.4, -0.2) is 38.7 Å². The molecule has 2 aromatic carbocycles. The van der Waals surface area contributed by atoms with Crippen LogP contribution in [0.3, 0.4) is 0 Å². The predicted molar refractivity (Wildman–Crippen MR) is 107 cm³/mol. The first kappa shape index (κ1) is 17.8. The Labute approximate surface area is 163 Å². The summed E-state index contributed by atoms with van der Waals surface area (Å²) >= 11 is 1.48. The SMILES string of the molecule is Cc1nnc(S[C@@H](C(=O)N2CCCC2)c2ccccc2)n1-c1ccccc1. The Morgan fingerprint density at radius 2 is 1.59 bits per heavy atom. The van der Waals surface area contributed by atoms with Crippen molar-refractivity contribution in [3.63, 3.8) is 0 Å². The Hall–Kier alpha value is -2.60. The monoisotopic (exact) mass is 378 g/mol. The standard InChI is InChI=1S/C21H22N4OS/c1-16-22-23-21(25(16)18-12-6-3-7-13-18)27-19(17-10-4-2-5-11-17)20(26)24-14-8-9-15-24/h2-7,10-13,19H,8-9,14-15H2,1H3/t19-/m1/s1. The first-order valence-electron chi connectivity index (χ1n) is 9.22. The molecule has 1 fully saturated rings. The Morgan fingerprint density at radius 3 is 2.26 bits per heavy atom. The largest absolute Gasteiger partial charge is 0.341 e. The van der Waals surface area contributed by atoms with Crippen LogP contribution in [-0.2, 0) is 4.79 Å². The fourth-order valence-electron chi connectivity index (χ4n) is 3.39. The van der Waals surface area contributed by atoms with Crippen LogP contribution in [0.4, 0.5) is 0 Å². The summed E-state index contributed by atoms with van der Waals surface area (Å²) in [5.41, 5.74) is 2.00. The number of carbonyl (C=O) groups is 1. The number of likely N-dealkylation sites (tertiary alicyclic amines) is 1. The van der Waals surface area contributed by atoms with E-state index in [1.807, 2.05) is 77.1 Å². The molecule has 2 heterocycles. The van der Waals surface area contributed by atoms with Gasteiger partial charge in [0.15, 0.2) is 5.16 Å². The molecule has 1 aliphatic heterocycles. The van der Waals surface area contributed by atoms with E-state index in [0.717, 1.165) is 48.2 Å². The highest BCUT2D eigenvalue weighted by Gasteiger charge is 2.30. The number of benzene rings is 2. The average Bonchev–Trinajstić information content (AvgIpc) is 3.37. The lowest BCUT2D eigenvalue weighted by Crippen LogP contribution is -2.31. The minimum absolute atomic E-state index is 0.156. The lowest BCUT2D eigenvalue weighted by Gasteiger charge is -2.23. The number of thioether (sulfide) groups is 1. The summed E-state index contributed by atoms with van der Waals surface area (Å²) in [6.07, 6.45) is 2.16. The normalized spacial score (nSPS) is 15.1. The minimum atomic E-state index is -0.324. The highest BCUT2D eigenvalue weighted by atomic mass is 32.2. The van der Waals surface area contributed by atoms with Crippen LogP contribution < -0.4 is 0 Å². The van der Waals surface area contributed by atoms with Crippen LogP contribution in [0, 0.1) is 6.92 Å². The van der Waals surface area contributed by atoms with Gasteiger partial charge in [0.2, 0.25) is 5.91 Å². The van der Waals surface area contributed by atoms with Gasteiger partial charge in [-0.25, -0.2) is 0 Å². The number of aryl methyl sites for hydroxylation is 1. The molecule has 0 bridgehead atoms. The van der Waals surface area contributed by atoms with Crippen LogP contribution in [0.5, 0.6) is 0 Å². The first-order chi connectivity index (χ1) is 13.2. The molecule has 3 aromatic rings. The van der Waals surface area contributed by atoms with E-state index in [1.54, 1.807) is 0 Å². The molecular weight excluding hydrogens is 356 g/mol. The summed E-state index contributed by atoms with van der Waals surface area (Å²) in [6, 6.07) is 20.0. The van der Waals surface area contributed by atoms with Gasteiger partial charge < -0.3 is 4.90 Å². The van der Waals surface area contributed by atoms with Gasteiger partial charge in [0, 0.05) is 18.8 Å². The van der Waals surface area contributed by atoms with Gasteiger partial charge in [-0.1, -0.05) is 60.3 Å². The third-order valence-corrected chi connectivity index (χ3v) is 5.96. The molecule has 27 heavy (non-hydrogen) atoms. The second-order valence-electron chi connectivity index (χ2n) is 6.64. The maximum Gasteiger partial charge on any atom is 0.240 e. The Kier molecular flexibility index (Phi) is 5.25. The first-order valence-corrected chi connectivity index (χ1v) is 10.1. The average molecular weight is 379 g/mol. The van der Waals surface area contributed by atoms with Crippen molar-refractivity contribution in [1.29, 1.82) is 0 Å². The third kappa shape index (κ3) is 3.76. The van der Waals surface area contributed by atoms with E-state index < -0.39 is 0 Å². The highest BCUT2D eigenvalue weighted by molar-refractivity contribution is 8.00. The van der Waals surface area contributed by atoms with E-state index in [0.29, 0.717) is 0 Å². The third-order valence-electron chi connectivity index (χ3n) is 4.78. The maximum absolute atomic E-state index is 13.3. The molecule has 1 aromatic heterocycles. The van der Waals surface area contributed by atoms with Crippen LogP contribution in [0.1, 0.15) is 29.5 Å². The molecule has 1 atom stereocenters. The lowest BCUT2D eigenvalue weighted by molar-refractivity contribution is -0.129. The minimum Gasteiger partial charge on any atom is -0.341 e. The van der Waals surface area contributed by atoms with Crippen molar-refractivity contribution in [1.82, 2.24) is 19.7 Å². The summed E-state index contributed by atoms with van der Waals surface area (Å²) in [5.74, 6) is 0.966. The summed E-state index contributed by atoms with van der Waals surface area (Å²) in [6.45, 7) is 3.62. The van der Waals surface area contributed by atoms with Crippen molar-refractivity contribution < 1.29 is 4.79 Å². The zero-order chi connectivity index (χ0) is 18.6. The Morgan fingerprint density at radius 1 is 0.963 bits per heavy atom. The van der Waals surface area contributed by atoms with Gasteiger partial charge in [0.25, 0.3) is 0 Å². The number of nitrogens with zero attached hydrogens (tertiary/aromatic N) is 4. The van der Waals surface area contributed by atoms with E-state index in [1.165, 1.54) is 11.8 Å². The van der Waals surface area contributed by atoms with Gasteiger partial charge in [-0.2, -0.15) is 0 Å². The predicted octanol–water partition coefficient (Wildman–Crippen LogP) is 4.03. The molecule has 1 saturated heterocycles. The van der Waals surface area contributed by atoms with Crippen molar-refractivity contribution in [2.45, 2.75) is 30.2 Å². The Balaban J connectivity index is 1.70. The number of para-hydroxylation sites is 1. The molecule has 1 amide bonds. The number of hydrogen-bond donors (Lipinski definition) is 0. The van der Waals surface area contributed by atoms with Crippen LogP contribution in [0.15, 0.2) is 65.8 Å². The molecule has 1 aliphatic rings. The zero-order valence-corrected chi connectivity index (χ0v) is 16.1. The highest BCUT2D eigenvalue weighted by Crippen LogP contribution is 2.37. The molecule has 0 N–H and O–H groups in total. The van der Waals surface area contributed by atoms with Gasteiger partial charge in [0.1, 0.15) is 11.1 Å². The molecule has 5 nitrogen and oxygen atoms in total. The van der Waals surface area contributed by atoms with E-state index in [2.05, 4.69) is 10.2 Å². The number of amides is 1. The summed E-state index contributed by atoms with van der Waals surface area (Å²) in [5, 5.41) is 9.05. The summed E-state index contributed by atoms with van der Waals surface area (Å²) in [7, 11) is 0. The van der Waals surface area contributed by atoms with Crippen LogP contribution in [0.25, 0.3) is 5.69 Å². The number of aromatic nitrogens is 3. The topological polar surface area (TPSA) is 51.0 Å². The fraction of sp³-hybridized carbons (Fsp3) is 0.286. The molecule has 6 heteroatoms. The van der Waals surface area contributed by atoms with Crippen molar-refractivity contribution >= 4 is 17.7 Å². The van der Waals surface area contributed by atoms with Gasteiger partial charge >= 0.3 is 0 Å². The van der Waals surface area contributed by atoms with Gasteiger partial charge in [-0.15, -0.1) is 10.2 Å². The van der Waals surface area contributed by atoms with Crippen LogP contribution in [0.2, 0.25) is 0 Å². The van der Waals surface area contributed by atoms with Gasteiger partial charge in [0.05, 0.1) is 0 Å². The van der Waals surface area contributed by atoms with Crippen molar-refractivity contribution in [3.8, 4) is 5.69 Å². The quantitative estimate of drug-likeness (QED) is 0.629. The van der Waals surface area contributed by atoms with Crippen molar-refractivity contribution in [3.05, 3.63) is 72.1 Å². The Bertz CT molecular complexity index is 904. The second kappa shape index (κ2) is 7.96. The van der Waals surface area contributed by atoms with Crippen molar-refractivity contribution in [2.75, 3.05) is 13.1 Å². The molecule has 0 unspecified atom stereocenters. The number of hydrogen-bond acceptors (Lipinski definition) is 4. The molecule has 138 valence electrons. The van der Waals surface area contributed by atoms with E-state index in [9.17, 15) is 4.79 Å². The van der Waals surface area contributed by atoms with E-state index >= 15 is 0 Å². The molecule has 0 saturated carbocycles. The molecule has 4 rings (SSSR count). The number of rotatable bonds is 5. The lowest BCUT2D eigenvalue weighted by atomic mass is 10.1. The molecule has 0 spiro atoms. The molecule has 0 radical (unpaired) electrons. The summed E-state index contributed by atoms with van der Waals surface area (Å²) < 4.78 is 2.01. The van der Waals surface area contributed by atoms with Gasteiger partial charge in [-0.3, -0.25) is 9.36 Å². The van der Waals surface area contributed by atoms with Crippen LogP contribution >= 0.6 is 11.8 Å². The van der Waals surface area contributed by atoms with E-state index in [-0.39, 0.29) is 11.2 Å². The second-order valence-corrected chi connectivity index (χ2v) is 7.71. The number of carbonyl (C=O) groups excluding carboxylic acids is 1. The molecule has 0 aliphatic carbocycles.